The number of nitrogen functional groups attached to an aromatic ring is 1. The average molecular weight is 271 g/mol. The number of rotatable bonds is 3. The minimum Gasteiger partial charge on any atom is -0.470 e. The fourth-order valence-electron chi connectivity index (χ4n) is 2.21. The molecule has 4 nitrogen and oxygen atoms in total. The van der Waals surface area contributed by atoms with E-state index >= 15 is 0 Å². The molecule has 1 aromatic heterocycles. The molecule has 5 heteroatoms. The van der Waals surface area contributed by atoms with Gasteiger partial charge in [0.1, 0.15) is 11.6 Å². The molecule has 2 aromatic carbocycles. The Morgan fingerprint density at radius 1 is 1.15 bits per heavy atom. The summed E-state index contributed by atoms with van der Waals surface area (Å²) in [6.45, 7) is 1.87. The lowest BCUT2D eigenvalue weighted by Crippen LogP contribution is -2.14. The lowest BCUT2D eigenvalue weighted by atomic mass is 10.3. The van der Waals surface area contributed by atoms with Crippen molar-refractivity contribution in [3.8, 4) is 5.75 Å². The lowest BCUT2D eigenvalue weighted by Gasteiger charge is -2.18. The summed E-state index contributed by atoms with van der Waals surface area (Å²) >= 11 is 0. The second kappa shape index (κ2) is 4.85. The van der Waals surface area contributed by atoms with Crippen molar-refractivity contribution in [2.45, 2.75) is 13.2 Å². The van der Waals surface area contributed by atoms with Crippen molar-refractivity contribution < 1.29 is 9.13 Å². The molecular formula is C15H14FN3O. The topological polar surface area (TPSA) is 53.1 Å². The summed E-state index contributed by atoms with van der Waals surface area (Å²) in [5.41, 5.74) is 7.67. The number of halogens is 1. The zero-order chi connectivity index (χ0) is 14.1. The molecule has 0 radical (unpaired) electrons. The van der Waals surface area contributed by atoms with Crippen LogP contribution in [0.2, 0.25) is 0 Å². The molecule has 0 saturated heterocycles. The number of hydrogen-bond donors (Lipinski definition) is 1. The van der Waals surface area contributed by atoms with Gasteiger partial charge < -0.3 is 10.5 Å². The Morgan fingerprint density at radius 3 is 2.60 bits per heavy atom. The van der Waals surface area contributed by atoms with Crippen LogP contribution >= 0.6 is 0 Å². The molecule has 1 heterocycles. The van der Waals surface area contributed by atoms with Crippen molar-refractivity contribution in [3.05, 3.63) is 54.3 Å². The summed E-state index contributed by atoms with van der Waals surface area (Å²) in [4.78, 5) is 4.29. The highest BCUT2D eigenvalue weighted by Crippen LogP contribution is 2.25. The van der Waals surface area contributed by atoms with Gasteiger partial charge >= 0.3 is 0 Å². The first-order chi connectivity index (χ1) is 9.65. The first kappa shape index (κ1) is 12.5. The Kier molecular flexibility index (Phi) is 3.02. The Labute approximate surface area is 115 Å². The molecule has 1 unspecified atom stereocenters. The number of hydrogen-bond acceptors (Lipinski definition) is 3. The first-order valence-electron chi connectivity index (χ1n) is 6.30. The van der Waals surface area contributed by atoms with Crippen molar-refractivity contribution in [2.24, 2.45) is 0 Å². The molecule has 1 atom stereocenters. The molecule has 0 fully saturated rings. The van der Waals surface area contributed by atoms with Crippen molar-refractivity contribution >= 4 is 17.0 Å². The average Bonchev–Trinajstić information content (AvgIpc) is 2.77. The normalized spacial score (nSPS) is 12.5. The van der Waals surface area contributed by atoms with E-state index in [1.54, 1.807) is 16.7 Å². The summed E-state index contributed by atoms with van der Waals surface area (Å²) in [5.74, 6) is 0.675. The van der Waals surface area contributed by atoms with Crippen LogP contribution in [0.5, 0.6) is 5.75 Å². The van der Waals surface area contributed by atoms with Crippen molar-refractivity contribution in [3.63, 3.8) is 0 Å². The Morgan fingerprint density at radius 2 is 1.85 bits per heavy atom. The van der Waals surface area contributed by atoms with Gasteiger partial charge in [0, 0.05) is 0 Å². The first-order valence-corrected chi connectivity index (χ1v) is 6.30. The van der Waals surface area contributed by atoms with Crippen LogP contribution in [0, 0.1) is 5.82 Å². The van der Waals surface area contributed by atoms with Gasteiger partial charge in [-0.1, -0.05) is 12.1 Å². The Bertz CT molecular complexity index is 736. The third-order valence-corrected chi connectivity index (χ3v) is 3.11. The molecule has 3 aromatic rings. The van der Waals surface area contributed by atoms with Crippen LogP contribution in [0.15, 0.2) is 48.5 Å². The van der Waals surface area contributed by atoms with Gasteiger partial charge in [-0.2, -0.15) is 0 Å². The molecule has 0 aliphatic heterocycles. The number of benzene rings is 2. The van der Waals surface area contributed by atoms with Gasteiger partial charge in [-0.3, -0.25) is 4.57 Å². The minimum atomic E-state index is -0.340. The van der Waals surface area contributed by atoms with Crippen LogP contribution < -0.4 is 10.5 Å². The van der Waals surface area contributed by atoms with Crippen LogP contribution in [0.1, 0.15) is 13.2 Å². The van der Waals surface area contributed by atoms with Crippen molar-refractivity contribution in [1.29, 1.82) is 0 Å². The van der Waals surface area contributed by atoms with Crippen LogP contribution in [-0.4, -0.2) is 9.55 Å². The number of fused-ring (bicyclic) bond motifs is 1. The maximum absolute atomic E-state index is 12.9. The molecule has 20 heavy (non-hydrogen) atoms. The number of nitrogens with two attached hydrogens (primary N) is 1. The third-order valence-electron chi connectivity index (χ3n) is 3.11. The van der Waals surface area contributed by atoms with E-state index in [4.69, 9.17) is 10.5 Å². The Hall–Kier alpha value is -2.56. The van der Waals surface area contributed by atoms with E-state index in [1.807, 2.05) is 31.2 Å². The second-order valence-electron chi connectivity index (χ2n) is 4.50. The number of anilines is 1. The predicted octanol–water partition coefficient (Wildman–Crippen LogP) is 3.36. The summed E-state index contributed by atoms with van der Waals surface area (Å²) in [6.07, 6.45) is -0.340. The second-order valence-corrected chi connectivity index (χ2v) is 4.50. The number of imidazole rings is 1. The highest BCUT2D eigenvalue weighted by Gasteiger charge is 2.14. The van der Waals surface area contributed by atoms with E-state index < -0.39 is 0 Å². The number of nitrogens with zero attached hydrogens (tertiary/aromatic N) is 2. The van der Waals surface area contributed by atoms with Crippen molar-refractivity contribution in [1.82, 2.24) is 9.55 Å². The van der Waals surface area contributed by atoms with Crippen molar-refractivity contribution in [2.75, 3.05) is 5.73 Å². The quantitative estimate of drug-likeness (QED) is 0.794. The minimum absolute atomic E-state index is 0.294. The van der Waals surface area contributed by atoms with E-state index in [9.17, 15) is 4.39 Å². The standard InChI is InChI=1S/C15H14FN3O/c1-10(20-12-8-6-11(16)7-9-12)19-14-5-3-2-4-13(14)18-15(19)17/h2-10H,1H3,(H2,17,18). The van der Waals surface area contributed by atoms with Crippen LogP contribution in [0.4, 0.5) is 10.3 Å². The summed E-state index contributed by atoms with van der Waals surface area (Å²) < 4.78 is 20.5. The largest absolute Gasteiger partial charge is 0.470 e. The Balaban J connectivity index is 1.94. The summed E-state index contributed by atoms with van der Waals surface area (Å²) in [7, 11) is 0. The van der Waals surface area contributed by atoms with Gasteiger partial charge in [-0.25, -0.2) is 9.37 Å². The predicted molar refractivity (Wildman–Crippen MR) is 75.9 cm³/mol. The smallest absolute Gasteiger partial charge is 0.204 e. The van der Waals surface area contributed by atoms with E-state index in [2.05, 4.69) is 4.98 Å². The molecule has 0 amide bonds. The van der Waals surface area contributed by atoms with E-state index in [-0.39, 0.29) is 12.0 Å². The van der Waals surface area contributed by atoms with Crippen LogP contribution in [-0.2, 0) is 0 Å². The molecule has 0 bridgehead atoms. The van der Waals surface area contributed by atoms with Crippen LogP contribution in [0.3, 0.4) is 0 Å². The molecule has 2 N–H and O–H groups in total. The van der Waals surface area contributed by atoms with Gasteiger partial charge in [0.2, 0.25) is 5.95 Å². The van der Waals surface area contributed by atoms with Gasteiger partial charge in [0.05, 0.1) is 11.0 Å². The highest BCUT2D eigenvalue weighted by atomic mass is 19.1. The maximum atomic E-state index is 12.9. The molecule has 0 aliphatic rings. The number of aromatic nitrogens is 2. The molecule has 0 aliphatic carbocycles. The third kappa shape index (κ3) is 2.18. The van der Waals surface area contributed by atoms with E-state index in [1.165, 1.54) is 12.1 Å². The molecule has 102 valence electrons. The summed E-state index contributed by atoms with van der Waals surface area (Å²) in [6, 6.07) is 13.5. The van der Waals surface area contributed by atoms with E-state index in [0.29, 0.717) is 11.7 Å². The van der Waals surface area contributed by atoms with Gasteiger partial charge in [0.25, 0.3) is 0 Å². The zero-order valence-electron chi connectivity index (χ0n) is 11.0. The van der Waals surface area contributed by atoms with Crippen LogP contribution in [0.25, 0.3) is 11.0 Å². The lowest BCUT2D eigenvalue weighted by molar-refractivity contribution is 0.159. The fourth-order valence-corrected chi connectivity index (χ4v) is 2.21. The highest BCUT2D eigenvalue weighted by molar-refractivity contribution is 5.78. The molecular weight excluding hydrogens is 257 g/mol. The SMILES string of the molecule is CC(Oc1ccc(F)cc1)n1c(N)nc2ccccc21. The monoisotopic (exact) mass is 271 g/mol. The molecule has 0 spiro atoms. The number of ether oxygens (including phenoxy) is 1. The number of para-hydroxylation sites is 2. The van der Waals surface area contributed by atoms with Gasteiger partial charge in [0.15, 0.2) is 6.23 Å². The van der Waals surface area contributed by atoms with E-state index in [0.717, 1.165) is 11.0 Å². The summed E-state index contributed by atoms with van der Waals surface area (Å²) in [5, 5.41) is 0. The molecule has 0 saturated carbocycles. The molecule has 3 rings (SSSR count). The van der Waals surface area contributed by atoms with Gasteiger partial charge in [-0.15, -0.1) is 0 Å². The zero-order valence-corrected chi connectivity index (χ0v) is 11.0. The maximum Gasteiger partial charge on any atom is 0.204 e. The fraction of sp³-hybridized carbons (Fsp3) is 0.133. The van der Waals surface area contributed by atoms with Gasteiger partial charge in [-0.05, 0) is 43.3 Å².